The molecule has 60 valence electrons. The molecule has 0 aliphatic rings. The third-order valence-electron chi connectivity index (χ3n) is 0.957. The van der Waals surface area contributed by atoms with Crippen molar-refractivity contribution < 1.29 is 4.79 Å². The summed E-state index contributed by atoms with van der Waals surface area (Å²) in [7, 11) is 0. The van der Waals surface area contributed by atoms with Crippen LogP contribution in [0.15, 0.2) is 0 Å². The van der Waals surface area contributed by atoms with Gasteiger partial charge in [0.25, 0.3) is 0 Å². The summed E-state index contributed by atoms with van der Waals surface area (Å²) in [5, 5.41) is 2.76. The Kier molecular flexibility index (Phi) is 4.03. The lowest BCUT2D eigenvalue weighted by Gasteiger charge is -2.09. The second-order valence-corrected chi connectivity index (χ2v) is 2.90. The Balaban J connectivity index is 3.44. The summed E-state index contributed by atoms with van der Waals surface area (Å²) in [6.45, 7) is 5.68. The van der Waals surface area contributed by atoms with Gasteiger partial charge in [0.05, 0.1) is 0 Å². The third-order valence-corrected chi connectivity index (χ3v) is 0.957. The Morgan fingerprint density at radius 3 is 2.30 bits per heavy atom. The summed E-state index contributed by atoms with van der Waals surface area (Å²) in [6, 6.07) is 0.171. The van der Waals surface area contributed by atoms with Gasteiger partial charge >= 0.3 is 0 Å². The van der Waals surface area contributed by atoms with Crippen molar-refractivity contribution in [3.8, 4) is 0 Å². The van der Waals surface area contributed by atoms with Crippen LogP contribution in [-0.4, -0.2) is 18.0 Å². The topological polar surface area (TPSA) is 55.1 Å². The molecule has 0 heterocycles. The molecule has 0 aliphatic carbocycles. The average Bonchev–Trinajstić information content (AvgIpc) is 1.58. The van der Waals surface area contributed by atoms with Crippen LogP contribution in [0.1, 0.15) is 27.2 Å². The Labute approximate surface area is 62.0 Å². The summed E-state index contributed by atoms with van der Waals surface area (Å²) in [6.07, 6.45) is 0.415. The smallest absolute Gasteiger partial charge is 0.221 e. The van der Waals surface area contributed by atoms with Crippen LogP contribution in [0.25, 0.3) is 0 Å². The summed E-state index contributed by atoms with van der Waals surface area (Å²) in [5.74, 6) is 0.0324. The lowest BCUT2D eigenvalue weighted by molar-refractivity contribution is -0.121. The van der Waals surface area contributed by atoms with Crippen LogP contribution in [0, 0.1) is 0 Å². The highest BCUT2D eigenvalue weighted by Crippen LogP contribution is 1.86. The first-order valence-electron chi connectivity index (χ1n) is 3.57. The fraction of sp³-hybridized carbons (Fsp3) is 0.857. The lowest BCUT2D eigenvalue weighted by Crippen LogP contribution is -2.34. The normalized spacial score (nSPS) is 13.3. The standard InChI is InChI=1S/C7H16N2O/c1-5(2)9-7(10)4-6(3)8/h5-6H,4,8H2,1-3H3,(H,9,10). The fourth-order valence-electron chi connectivity index (χ4n) is 0.673. The van der Waals surface area contributed by atoms with Gasteiger partial charge in [-0.15, -0.1) is 0 Å². The van der Waals surface area contributed by atoms with Crippen molar-refractivity contribution in [1.82, 2.24) is 5.32 Å². The van der Waals surface area contributed by atoms with E-state index in [2.05, 4.69) is 5.32 Å². The van der Waals surface area contributed by atoms with Crippen LogP contribution >= 0.6 is 0 Å². The van der Waals surface area contributed by atoms with E-state index < -0.39 is 0 Å². The number of nitrogens with one attached hydrogen (secondary N) is 1. The molecular formula is C7H16N2O. The zero-order valence-electron chi connectivity index (χ0n) is 6.85. The van der Waals surface area contributed by atoms with Gasteiger partial charge in [-0.3, -0.25) is 4.79 Å². The van der Waals surface area contributed by atoms with Gasteiger partial charge in [-0.1, -0.05) is 0 Å². The molecule has 0 fully saturated rings. The van der Waals surface area contributed by atoms with E-state index in [0.29, 0.717) is 6.42 Å². The Morgan fingerprint density at radius 2 is 2.00 bits per heavy atom. The number of hydrogen-bond donors (Lipinski definition) is 2. The zero-order valence-corrected chi connectivity index (χ0v) is 6.85. The van der Waals surface area contributed by atoms with Crippen LogP contribution in [-0.2, 0) is 4.79 Å². The van der Waals surface area contributed by atoms with Crippen molar-refractivity contribution in [1.29, 1.82) is 0 Å². The lowest BCUT2D eigenvalue weighted by atomic mass is 10.2. The summed E-state index contributed by atoms with van der Waals surface area (Å²) in [4.78, 5) is 10.9. The number of carbonyl (C=O) groups excluding carboxylic acids is 1. The highest BCUT2D eigenvalue weighted by molar-refractivity contribution is 5.76. The molecule has 0 saturated carbocycles. The molecule has 3 N–H and O–H groups in total. The van der Waals surface area contributed by atoms with E-state index in [-0.39, 0.29) is 18.0 Å². The minimum absolute atomic E-state index is 0.0324. The molecule has 1 unspecified atom stereocenters. The van der Waals surface area contributed by atoms with Crippen molar-refractivity contribution >= 4 is 5.91 Å². The van der Waals surface area contributed by atoms with Crippen LogP contribution in [0.2, 0.25) is 0 Å². The molecule has 0 radical (unpaired) electrons. The van der Waals surface area contributed by atoms with Crippen LogP contribution in [0.5, 0.6) is 0 Å². The highest BCUT2D eigenvalue weighted by atomic mass is 16.1. The maximum absolute atomic E-state index is 10.9. The van der Waals surface area contributed by atoms with Gasteiger partial charge in [0.1, 0.15) is 0 Å². The van der Waals surface area contributed by atoms with Crippen molar-refractivity contribution in [3.05, 3.63) is 0 Å². The van der Waals surface area contributed by atoms with E-state index in [9.17, 15) is 4.79 Å². The van der Waals surface area contributed by atoms with Gasteiger partial charge in [0, 0.05) is 18.5 Å². The quantitative estimate of drug-likeness (QED) is 0.596. The summed E-state index contributed by atoms with van der Waals surface area (Å²) in [5.41, 5.74) is 5.41. The third kappa shape index (κ3) is 5.56. The molecule has 0 saturated heterocycles. The Hall–Kier alpha value is -0.570. The van der Waals surface area contributed by atoms with Gasteiger partial charge in [0.15, 0.2) is 0 Å². The largest absolute Gasteiger partial charge is 0.354 e. The highest BCUT2D eigenvalue weighted by Gasteiger charge is 2.04. The zero-order chi connectivity index (χ0) is 8.15. The van der Waals surface area contributed by atoms with Crippen molar-refractivity contribution in [2.24, 2.45) is 5.73 Å². The Morgan fingerprint density at radius 1 is 1.50 bits per heavy atom. The van der Waals surface area contributed by atoms with E-state index in [0.717, 1.165) is 0 Å². The van der Waals surface area contributed by atoms with Gasteiger partial charge in [0.2, 0.25) is 5.91 Å². The predicted octanol–water partition coefficient (Wildman–Crippen LogP) is 0.248. The van der Waals surface area contributed by atoms with E-state index in [1.807, 2.05) is 20.8 Å². The molecule has 10 heavy (non-hydrogen) atoms. The number of rotatable bonds is 3. The molecule has 0 spiro atoms. The second kappa shape index (κ2) is 4.28. The molecule has 0 rings (SSSR count). The average molecular weight is 144 g/mol. The van der Waals surface area contributed by atoms with Crippen LogP contribution in [0.4, 0.5) is 0 Å². The van der Waals surface area contributed by atoms with E-state index in [1.165, 1.54) is 0 Å². The molecule has 0 aromatic rings. The minimum atomic E-state index is -0.0428. The van der Waals surface area contributed by atoms with Gasteiger partial charge in [-0.25, -0.2) is 0 Å². The molecule has 0 aromatic carbocycles. The van der Waals surface area contributed by atoms with Crippen molar-refractivity contribution in [2.45, 2.75) is 39.3 Å². The molecule has 1 atom stereocenters. The van der Waals surface area contributed by atoms with Gasteiger partial charge in [-0.2, -0.15) is 0 Å². The molecule has 0 bridgehead atoms. The predicted molar refractivity (Wildman–Crippen MR) is 41.5 cm³/mol. The summed E-state index contributed by atoms with van der Waals surface area (Å²) < 4.78 is 0. The van der Waals surface area contributed by atoms with Gasteiger partial charge < -0.3 is 11.1 Å². The molecule has 0 aliphatic heterocycles. The molecule has 1 amide bonds. The number of hydrogen-bond acceptors (Lipinski definition) is 2. The van der Waals surface area contributed by atoms with Gasteiger partial charge in [-0.05, 0) is 20.8 Å². The molecule has 3 nitrogen and oxygen atoms in total. The van der Waals surface area contributed by atoms with E-state index in [1.54, 1.807) is 0 Å². The SMILES string of the molecule is CC(N)CC(=O)NC(C)C. The number of amides is 1. The van der Waals surface area contributed by atoms with Crippen molar-refractivity contribution in [2.75, 3.05) is 0 Å². The first-order chi connectivity index (χ1) is 4.52. The van der Waals surface area contributed by atoms with Crippen LogP contribution < -0.4 is 11.1 Å². The first kappa shape index (κ1) is 9.43. The minimum Gasteiger partial charge on any atom is -0.354 e. The first-order valence-corrected chi connectivity index (χ1v) is 3.57. The number of nitrogens with two attached hydrogens (primary N) is 1. The van der Waals surface area contributed by atoms with E-state index >= 15 is 0 Å². The fourth-order valence-corrected chi connectivity index (χ4v) is 0.673. The molecule has 0 aromatic heterocycles. The summed E-state index contributed by atoms with van der Waals surface area (Å²) >= 11 is 0. The number of carbonyl (C=O) groups is 1. The maximum atomic E-state index is 10.9. The monoisotopic (exact) mass is 144 g/mol. The second-order valence-electron chi connectivity index (χ2n) is 2.90. The molecule has 3 heteroatoms. The van der Waals surface area contributed by atoms with Crippen molar-refractivity contribution in [3.63, 3.8) is 0 Å². The van der Waals surface area contributed by atoms with E-state index in [4.69, 9.17) is 5.73 Å². The van der Waals surface area contributed by atoms with Crippen LogP contribution in [0.3, 0.4) is 0 Å². The maximum Gasteiger partial charge on any atom is 0.221 e. The molecular weight excluding hydrogens is 128 g/mol. The Bertz CT molecular complexity index is 98.2.